The summed E-state index contributed by atoms with van der Waals surface area (Å²) in [5, 5.41) is 5.46. The minimum Gasteiger partial charge on any atom is -0.353 e. The Bertz CT molecular complexity index is 380. The molecule has 1 aliphatic rings. The van der Waals surface area contributed by atoms with Gasteiger partial charge >= 0.3 is 0 Å². The maximum absolute atomic E-state index is 5.49. The monoisotopic (exact) mass is 252 g/mol. The summed E-state index contributed by atoms with van der Waals surface area (Å²) in [6.45, 7) is 2.81. The SMILES string of the molecule is Cc1ccsc1CN=C(NN)NC1CCCC1. The molecule has 1 aliphatic carbocycles. The fraction of sp³-hybridized carbons (Fsp3) is 0.583. The van der Waals surface area contributed by atoms with Gasteiger partial charge in [0.25, 0.3) is 0 Å². The standard InChI is InChI=1S/C12H20N4S/c1-9-6-7-17-11(9)8-14-12(16-13)15-10-4-2-3-5-10/h6-7,10H,2-5,8,13H2,1H3,(H2,14,15,16). The molecule has 0 bridgehead atoms. The first-order valence-electron chi connectivity index (χ1n) is 6.10. The molecule has 4 nitrogen and oxygen atoms in total. The molecule has 0 aromatic carbocycles. The zero-order valence-electron chi connectivity index (χ0n) is 10.2. The highest BCUT2D eigenvalue weighted by Crippen LogP contribution is 2.18. The van der Waals surface area contributed by atoms with Gasteiger partial charge in [-0.05, 0) is 36.8 Å². The van der Waals surface area contributed by atoms with E-state index in [1.807, 2.05) is 0 Å². The molecule has 94 valence electrons. The van der Waals surface area contributed by atoms with Gasteiger partial charge in [-0.1, -0.05) is 12.8 Å². The van der Waals surface area contributed by atoms with Gasteiger partial charge in [0.05, 0.1) is 6.54 Å². The Morgan fingerprint density at radius 3 is 2.88 bits per heavy atom. The third-order valence-electron chi connectivity index (χ3n) is 3.18. The number of aryl methyl sites for hydroxylation is 1. The minimum absolute atomic E-state index is 0.536. The van der Waals surface area contributed by atoms with Gasteiger partial charge < -0.3 is 5.32 Å². The Kier molecular flexibility index (Phi) is 4.39. The second-order valence-electron chi connectivity index (χ2n) is 4.46. The summed E-state index contributed by atoms with van der Waals surface area (Å²) in [5.74, 6) is 6.20. The molecule has 17 heavy (non-hydrogen) atoms. The number of hydrogen-bond donors (Lipinski definition) is 3. The molecule has 4 N–H and O–H groups in total. The summed E-state index contributed by atoms with van der Waals surface area (Å²) in [5.41, 5.74) is 3.96. The van der Waals surface area contributed by atoms with Crippen LogP contribution in [0.1, 0.15) is 36.1 Å². The first kappa shape index (κ1) is 12.4. The number of rotatable bonds is 3. The van der Waals surface area contributed by atoms with Gasteiger partial charge in [-0.25, -0.2) is 10.8 Å². The van der Waals surface area contributed by atoms with E-state index in [-0.39, 0.29) is 0 Å². The molecule has 0 aliphatic heterocycles. The number of thiophene rings is 1. The lowest BCUT2D eigenvalue weighted by molar-refractivity contribution is 0.614. The summed E-state index contributed by atoms with van der Waals surface area (Å²) < 4.78 is 0. The van der Waals surface area contributed by atoms with Gasteiger partial charge in [0, 0.05) is 10.9 Å². The molecule has 1 aromatic rings. The average molecular weight is 252 g/mol. The smallest absolute Gasteiger partial charge is 0.206 e. The second kappa shape index (κ2) is 6.02. The van der Waals surface area contributed by atoms with Crippen molar-refractivity contribution in [3.05, 3.63) is 21.9 Å². The van der Waals surface area contributed by atoms with Gasteiger partial charge in [0.2, 0.25) is 5.96 Å². The van der Waals surface area contributed by atoms with E-state index >= 15 is 0 Å². The zero-order valence-corrected chi connectivity index (χ0v) is 11.0. The van der Waals surface area contributed by atoms with Crippen LogP contribution >= 0.6 is 11.3 Å². The summed E-state index contributed by atoms with van der Waals surface area (Å²) in [7, 11) is 0. The van der Waals surface area contributed by atoms with Crippen molar-refractivity contribution in [2.24, 2.45) is 10.8 Å². The van der Waals surface area contributed by atoms with Crippen molar-refractivity contribution in [3.63, 3.8) is 0 Å². The molecule has 0 unspecified atom stereocenters. The van der Waals surface area contributed by atoms with Crippen LogP contribution in [0.4, 0.5) is 0 Å². The van der Waals surface area contributed by atoms with E-state index in [2.05, 4.69) is 34.1 Å². The highest BCUT2D eigenvalue weighted by Gasteiger charge is 2.15. The van der Waals surface area contributed by atoms with Crippen molar-refractivity contribution in [2.45, 2.75) is 45.2 Å². The maximum Gasteiger partial charge on any atom is 0.206 e. The molecule has 0 amide bonds. The Hall–Kier alpha value is -1.07. The van der Waals surface area contributed by atoms with Crippen molar-refractivity contribution < 1.29 is 0 Å². The molecular weight excluding hydrogens is 232 g/mol. The highest BCUT2D eigenvalue weighted by atomic mass is 32.1. The Morgan fingerprint density at radius 1 is 1.53 bits per heavy atom. The van der Waals surface area contributed by atoms with Crippen LogP contribution in [0, 0.1) is 6.92 Å². The van der Waals surface area contributed by atoms with Crippen LogP contribution in [-0.4, -0.2) is 12.0 Å². The molecule has 2 rings (SSSR count). The molecule has 0 saturated heterocycles. The third kappa shape index (κ3) is 3.44. The van der Waals surface area contributed by atoms with Crippen LogP contribution in [-0.2, 0) is 6.54 Å². The van der Waals surface area contributed by atoms with Crippen LogP contribution in [0.25, 0.3) is 0 Å². The van der Waals surface area contributed by atoms with Gasteiger partial charge in [-0.3, -0.25) is 5.43 Å². The van der Waals surface area contributed by atoms with Crippen LogP contribution in [0.5, 0.6) is 0 Å². The first-order chi connectivity index (χ1) is 8.29. The van der Waals surface area contributed by atoms with Gasteiger partial charge in [0.1, 0.15) is 0 Å². The number of guanidine groups is 1. The largest absolute Gasteiger partial charge is 0.353 e. The summed E-state index contributed by atoms with van der Waals surface area (Å²) in [4.78, 5) is 5.79. The molecule has 0 radical (unpaired) electrons. The van der Waals surface area contributed by atoms with Crippen molar-refractivity contribution in [2.75, 3.05) is 0 Å². The van der Waals surface area contributed by atoms with E-state index in [0.717, 1.165) is 0 Å². The minimum atomic E-state index is 0.536. The fourth-order valence-electron chi connectivity index (χ4n) is 2.11. The van der Waals surface area contributed by atoms with Crippen molar-refractivity contribution in [1.29, 1.82) is 0 Å². The Labute approximate surface area is 106 Å². The molecular formula is C12H20N4S. The number of nitrogens with one attached hydrogen (secondary N) is 2. The first-order valence-corrected chi connectivity index (χ1v) is 6.98. The third-order valence-corrected chi connectivity index (χ3v) is 4.19. The summed E-state index contributed by atoms with van der Waals surface area (Å²) in [6.07, 6.45) is 5.05. The number of nitrogens with zero attached hydrogens (tertiary/aromatic N) is 1. The number of hydrazine groups is 1. The van der Waals surface area contributed by atoms with E-state index in [1.54, 1.807) is 11.3 Å². The lowest BCUT2D eigenvalue weighted by atomic mass is 10.2. The Balaban J connectivity index is 1.90. The average Bonchev–Trinajstić information content (AvgIpc) is 2.96. The lowest BCUT2D eigenvalue weighted by Crippen LogP contribution is -2.45. The van der Waals surface area contributed by atoms with E-state index < -0.39 is 0 Å². The van der Waals surface area contributed by atoms with Crippen LogP contribution in [0.3, 0.4) is 0 Å². The van der Waals surface area contributed by atoms with Crippen molar-refractivity contribution in [3.8, 4) is 0 Å². The number of hydrogen-bond acceptors (Lipinski definition) is 3. The van der Waals surface area contributed by atoms with Crippen molar-refractivity contribution in [1.82, 2.24) is 10.7 Å². The van der Waals surface area contributed by atoms with Gasteiger partial charge in [-0.2, -0.15) is 0 Å². The predicted molar refractivity (Wildman–Crippen MR) is 72.9 cm³/mol. The Morgan fingerprint density at radius 2 is 2.29 bits per heavy atom. The molecule has 0 spiro atoms. The number of aliphatic imine (C=N–C) groups is 1. The van der Waals surface area contributed by atoms with Crippen LogP contribution in [0.15, 0.2) is 16.4 Å². The molecule has 1 heterocycles. The summed E-state index contributed by atoms with van der Waals surface area (Å²) in [6, 6.07) is 2.66. The quantitative estimate of drug-likeness (QED) is 0.333. The van der Waals surface area contributed by atoms with E-state index in [4.69, 9.17) is 5.84 Å². The molecule has 0 atom stereocenters. The van der Waals surface area contributed by atoms with Gasteiger partial charge in [0.15, 0.2) is 0 Å². The number of nitrogens with two attached hydrogens (primary N) is 1. The molecule has 1 saturated carbocycles. The normalized spacial score (nSPS) is 17.4. The van der Waals surface area contributed by atoms with Crippen LogP contribution in [0.2, 0.25) is 0 Å². The second-order valence-corrected chi connectivity index (χ2v) is 5.46. The molecule has 5 heteroatoms. The maximum atomic E-state index is 5.49. The summed E-state index contributed by atoms with van der Waals surface area (Å²) >= 11 is 1.74. The highest BCUT2D eigenvalue weighted by molar-refractivity contribution is 7.10. The molecule has 1 fully saturated rings. The van der Waals surface area contributed by atoms with Crippen molar-refractivity contribution >= 4 is 17.3 Å². The van der Waals surface area contributed by atoms with Gasteiger partial charge in [-0.15, -0.1) is 11.3 Å². The van der Waals surface area contributed by atoms with E-state index in [1.165, 1.54) is 36.1 Å². The fourth-order valence-corrected chi connectivity index (χ4v) is 2.94. The van der Waals surface area contributed by atoms with Crippen LogP contribution < -0.4 is 16.6 Å². The zero-order chi connectivity index (χ0) is 12.1. The van der Waals surface area contributed by atoms with E-state index in [9.17, 15) is 0 Å². The predicted octanol–water partition coefficient (Wildman–Crippen LogP) is 1.91. The van der Waals surface area contributed by atoms with E-state index in [0.29, 0.717) is 18.5 Å². The lowest BCUT2D eigenvalue weighted by Gasteiger charge is -2.14. The molecule has 1 aromatic heterocycles. The topological polar surface area (TPSA) is 62.4 Å².